The zero-order chi connectivity index (χ0) is 12.5. The molecule has 0 bridgehead atoms. The molecule has 0 N–H and O–H groups in total. The molecule has 1 aliphatic heterocycles. The molecule has 1 saturated heterocycles. The molecule has 6 heteroatoms. The zero-order valence-corrected chi connectivity index (χ0v) is 9.74. The first-order chi connectivity index (χ1) is 8.02. The van der Waals surface area contributed by atoms with Crippen LogP contribution in [0, 0.1) is 5.82 Å². The van der Waals surface area contributed by atoms with E-state index < -0.39 is 21.8 Å². The minimum absolute atomic E-state index is 0.0442. The van der Waals surface area contributed by atoms with Gasteiger partial charge in [-0.25, -0.2) is 12.8 Å². The van der Waals surface area contributed by atoms with Gasteiger partial charge in [0, 0.05) is 0 Å². The van der Waals surface area contributed by atoms with Crippen molar-refractivity contribution in [3.63, 3.8) is 0 Å². The van der Waals surface area contributed by atoms with Crippen LogP contribution in [0.1, 0.15) is 16.8 Å². The highest BCUT2D eigenvalue weighted by molar-refractivity contribution is 7.91. The van der Waals surface area contributed by atoms with Gasteiger partial charge >= 0.3 is 0 Å². The molecular weight excluding hydrogens is 247 g/mol. The van der Waals surface area contributed by atoms with Gasteiger partial charge in [0.25, 0.3) is 0 Å². The van der Waals surface area contributed by atoms with E-state index in [1.807, 2.05) is 0 Å². The summed E-state index contributed by atoms with van der Waals surface area (Å²) in [5.41, 5.74) is 0.0919. The lowest BCUT2D eigenvalue weighted by Gasteiger charge is -2.14. The molecule has 0 radical (unpaired) electrons. The second kappa shape index (κ2) is 4.44. The number of benzene rings is 1. The summed E-state index contributed by atoms with van der Waals surface area (Å²) in [5, 5.41) is 0. The van der Waals surface area contributed by atoms with E-state index in [0.29, 0.717) is 12.7 Å². The number of rotatable bonds is 3. The number of para-hydroxylation sites is 1. The monoisotopic (exact) mass is 258 g/mol. The molecule has 17 heavy (non-hydrogen) atoms. The van der Waals surface area contributed by atoms with Crippen molar-refractivity contribution in [2.45, 2.75) is 12.5 Å². The van der Waals surface area contributed by atoms with Crippen LogP contribution in [0.25, 0.3) is 0 Å². The highest BCUT2D eigenvalue weighted by Crippen LogP contribution is 2.25. The van der Waals surface area contributed by atoms with Crippen molar-refractivity contribution >= 4 is 16.1 Å². The second-order valence-electron chi connectivity index (χ2n) is 3.92. The van der Waals surface area contributed by atoms with Gasteiger partial charge in [0.05, 0.1) is 17.1 Å². The Morgan fingerprint density at radius 3 is 2.76 bits per heavy atom. The number of halogens is 1. The van der Waals surface area contributed by atoms with E-state index in [9.17, 15) is 17.6 Å². The van der Waals surface area contributed by atoms with E-state index >= 15 is 0 Å². The maximum Gasteiger partial charge on any atom is 0.165 e. The lowest BCUT2D eigenvalue weighted by atomic mass is 10.2. The Labute approximate surface area is 98.3 Å². The Bertz CT molecular complexity index is 538. The largest absolute Gasteiger partial charge is 0.486 e. The van der Waals surface area contributed by atoms with Crippen LogP contribution in [0.2, 0.25) is 0 Å². The van der Waals surface area contributed by atoms with Crippen LogP contribution < -0.4 is 4.74 Å². The van der Waals surface area contributed by atoms with Crippen molar-refractivity contribution in [2.24, 2.45) is 0 Å². The molecule has 92 valence electrons. The van der Waals surface area contributed by atoms with Gasteiger partial charge in [-0.2, -0.15) is 0 Å². The van der Waals surface area contributed by atoms with Gasteiger partial charge in [0.15, 0.2) is 27.7 Å². The van der Waals surface area contributed by atoms with Gasteiger partial charge in [0.1, 0.15) is 6.10 Å². The molecule has 1 aromatic carbocycles. The van der Waals surface area contributed by atoms with Crippen molar-refractivity contribution < 1.29 is 22.3 Å². The van der Waals surface area contributed by atoms with Gasteiger partial charge in [-0.3, -0.25) is 4.79 Å². The molecule has 4 nitrogen and oxygen atoms in total. The van der Waals surface area contributed by atoms with E-state index in [0.717, 1.165) is 0 Å². The zero-order valence-electron chi connectivity index (χ0n) is 8.93. The molecule has 1 atom stereocenters. The van der Waals surface area contributed by atoms with E-state index in [1.165, 1.54) is 18.2 Å². The predicted octanol–water partition coefficient (Wildman–Crippen LogP) is 1.20. The number of carbonyl (C=O) groups excluding carboxylic acids is 1. The smallest absolute Gasteiger partial charge is 0.165 e. The van der Waals surface area contributed by atoms with Crippen molar-refractivity contribution in [1.82, 2.24) is 0 Å². The summed E-state index contributed by atoms with van der Waals surface area (Å²) in [4.78, 5) is 10.7. The van der Waals surface area contributed by atoms with E-state index in [4.69, 9.17) is 4.74 Å². The van der Waals surface area contributed by atoms with Gasteiger partial charge < -0.3 is 4.74 Å². The van der Waals surface area contributed by atoms with Crippen LogP contribution in [0.5, 0.6) is 5.75 Å². The summed E-state index contributed by atoms with van der Waals surface area (Å²) in [5.74, 6) is -0.897. The summed E-state index contributed by atoms with van der Waals surface area (Å²) >= 11 is 0. The van der Waals surface area contributed by atoms with Crippen LogP contribution in [-0.4, -0.2) is 32.3 Å². The molecule has 1 aromatic rings. The van der Waals surface area contributed by atoms with Gasteiger partial charge in [0.2, 0.25) is 0 Å². The summed E-state index contributed by atoms with van der Waals surface area (Å²) < 4.78 is 41.2. The van der Waals surface area contributed by atoms with Gasteiger partial charge in [-0.1, -0.05) is 6.07 Å². The Morgan fingerprint density at radius 2 is 2.18 bits per heavy atom. The predicted molar refractivity (Wildman–Crippen MR) is 59.5 cm³/mol. The number of carbonyl (C=O) groups is 1. The molecule has 0 amide bonds. The molecule has 1 heterocycles. The van der Waals surface area contributed by atoms with Crippen LogP contribution >= 0.6 is 0 Å². The first kappa shape index (κ1) is 12.0. The van der Waals surface area contributed by atoms with Crippen molar-refractivity contribution in [3.8, 4) is 5.75 Å². The number of ether oxygens (including phenoxy) is 1. The number of hydrogen-bond acceptors (Lipinski definition) is 4. The minimum Gasteiger partial charge on any atom is -0.486 e. The Morgan fingerprint density at radius 1 is 1.41 bits per heavy atom. The molecule has 0 aliphatic carbocycles. The van der Waals surface area contributed by atoms with Crippen LogP contribution in [0.4, 0.5) is 4.39 Å². The number of sulfone groups is 1. The lowest BCUT2D eigenvalue weighted by Crippen LogP contribution is -2.19. The van der Waals surface area contributed by atoms with Crippen molar-refractivity contribution in [3.05, 3.63) is 29.6 Å². The van der Waals surface area contributed by atoms with E-state index in [1.54, 1.807) is 0 Å². The minimum atomic E-state index is -3.08. The Hall–Kier alpha value is -1.43. The molecule has 0 spiro atoms. The summed E-state index contributed by atoms with van der Waals surface area (Å²) in [6.07, 6.45) is 0.243. The van der Waals surface area contributed by atoms with Crippen molar-refractivity contribution in [2.75, 3.05) is 11.5 Å². The quantitative estimate of drug-likeness (QED) is 0.764. The fourth-order valence-corrected chi connectivity index (χ4v) is 3.35. The average Bonchev–Trinajstić information content (AvgIpc) is 2.61. The average molecular weight is 258 g/mol. The fraction of sp³-hybridized carbons (Fsp3) is 0.364. The Balaban J connectivity index is 2.22. The first-order valence-electron chi connectivity index (χ1n) is 5.12. The molecule has 0 aromatic heterocycles. The molecule has 2 rings (SSSR count). The maximum absolute atomic E-state index is 13.4. The van der Waals surface area contributed by atoms with Crippen LogP contribution in [-0.2, 0) is 9.84 Å². The highest BCUT2D eigenvalue weighted by atomic mass is 32.2. The molecule has 1 fully saturated rings. The highest BCUT2D eigenvalue weighted by Gasteiger charge is 2.30. The third-order valence-electron chi connectivity index (χ3n) is 2.60. The van der Waals surface area contributed by atoms with E-state index in [2.05, 4.69) is 0 Å². The topological polar surface area (TPSA) is 60.4 Å². The molecule has 0 saturated carbocycles. The van der Waals surface area contributed by atoms with Gasteiger partial charge in [-0.15, -0.1) is 0 Å². The summed E-state index contributed by atoms with van der Waals surface area (Å²) in [7, 11) is -3.08. The fourth-order valence-electron chi connectivity index (χ4n) is 1.76. The standard InChI is InChI=1S/C11H11FO4S/c12-10-3-1-2-8(6-13)11(10)16-9-4-5-17(14,15)7-9/h1-3,6,9H,4-5,7H2. The van der Waals surface area contributed by atoms with Crippen LogP contribution in [0.3, 0.4) is 0 Å². The normalized spacial score (nSPS) is 22.3. The number of aldehydes is 1. The van der Waals surface area contributed by atoms with Crippen LogP contribution in [0.15, 0.2) is 18.2 Å². The maximum atomic E-state index is 13.4. The summed E-state index contributed by atoms with van der Waals surface area (Å²) in [6, 6.07) is 4.00. The second-order valence-corrected chi connectivity index (χ2v) is 6.15. The lowest BCUT2D eigenvalue weighted by molar-refractivity contribution is 0.111. The SMILES string of the molecule is O=Cc1cccc(F)c1OC1CCS(=O)(=O)C1. The molecule has 1 unspecified atom stereocenters. The third-order valence-corrected chi connectivity index (χ3v) is 4.34. The van der Waals surface area contributed by atoms with Crippen molar-refractivity contribution in [1.29, 1.82) is 0 Å². The van der Waals surface area contributed by atoms with Gasteiger partial charge in [-0.05, 0) is 18.6 Å². The Kier molecular flexibility index (Phi) is 3.15. The molecule has 1 aliphatic rings. The summed E-state index contributed by atoms with van der Waals surface area (Å²) in [6.45, 7) is 0. The molecular formula is C11H11FO4S. The van der Waals surface area contributed by atoms with E-state index in [-0.39, 0.29) is 22.8 Å². The first-order valence-corrected chi connectivity index (χ1v) is 6.95. The number of hydrogen-bond donors (Lipinski definition) is 0. The third kappa shape index (κ3) is 2.63.